The van der Waals surface area contributed by atoms with Gasteiger partial charge in [-0.05, 0) is 67.6 Å². The molecule has 2 rings (SSSR count). The molecule has 0 bridgehead atoms. The van der Waals surface area contributed by atoms with Gasteiger partial charge in [-0.2, -0.15) is 11.8 Å². The summed E-state index contributed by atoms with van der Waals surface area (Å²) in [5.41, 5.74) is 1.33. The van der Waals surface area contributed by atoms with E-state index >= 15 is 0 Å². The number of anilines is 1. The van der Waals surface area contributed by atoms with E-state index in [1.165, 1.54) is 6.92 Å². The number of hydrogen-bond acceptors (Lipinski definition) is 4. The van der Waals surface area contributed by atoms with E-state index in [1.807, 2.05) is 12.1 Å². The molecular weight excluding hydrogens is 358 g/mol. The van der Waals surface area contributed by atoms with Gasteiger partial charge in [0.25, 0.3) is 0 Å². The Morgan fingerprint density at radius 2 is 1.76 bits per heavy atom. The minimum atomic E-state index is -0.0563. The predicted octanol–water partition coefficient (Wildman–Crippen LogP) is 4.68. The van der Waals surface area contributed by atoms with Gasteiger partial charge in [-0.15, -0.1) is 0 Å². The third-order valence-corrected chi connectivity index (χ3v) is 4.62. The lowest BCUT2D eigenvalue weighted by molar-refractivity contribution is -0.113. The fourth-order valence-corrected chi connectivity index (χ4v) is 2.88. The maximum atomic E-state index is 11.9. The molecule has 0 aliphatic carbocycles. The van der Waals surface area contributed by atoms with Crippen LogP contribution in [-0.2, 0) is 4.79 Å². The highest BCUT2D eigenvalue weighted by Crippen LogP contribution is 2.16. The molecule has 2 aromatic rings. The molecule has 0 saturated carbocycles. The number of carbonyl (C=O) groups excluding carboxylic acids is 2. The summed E-state index contributed by atoms with van der Waals surface area (Å²) in [6.07, 6.45) is 0.855. The summed E-state index contributed by atoms with van der Waals surface area (Å²) in [5.74, 6) is 1.97. The van der Waals surface area contributed by atoms with E-state index in [0.717, 1.165) is 17.9 Å². The highest BCUT2D eigenvalue weighted by molar-refractivity contribution is 7.99. The van der Waals surface area contributed by atoms with Crippen molar-refractivity contribution in [3.8, 4) is 5.75 Å². The van der Waals surface area contributed by atoms with Crippen LogP contribution in [0.4, 0.5) is 5.69 Å². The van der Waals surface area contributed by atoms with Crippen LogP contribution in [0.25, 0.3) is 0 Å². The molecule has 0 aliphatic heterocycles. The molecule has 0 heterocycles. The zero-order valence-corrected chi connectivity index (χ0v) is 15.5. The van der Waals surface area contributed by atoms with Crippen LogP contribution in [0.5, 0.6) is 5.75 Å². The lowest BCUT2D eigenvalue weighted by atomic mass is 10.1. The van der Waals surface area contributed by atoms with Crippen molar-refractivity contribution in [2.45, 2.75) is 13.3 Å². The Bertz CT molecular complexity index is 702. The standard InChI is InChI=1S/C19H20ClNO3S/c1-14(22)15-3-7-17(8-4-15)21-19(23)13-25-12-2-11-24-18-9-5-16(20)6-10-18/h3-10H,2,11-13H2,1H3,(H,21,23). The molecule has 0 aliphatic rings. The summed E-state index contributed by atoms with van der Waals surface area (Å²) in [6.45, 7) is 2.11. The molecule has 4 nitrogen and oxygen atoms in total. The summed E-state index contributed by atoms with van der Waals surface area (Å²) < 4.78 is 5.59. The van der Waals surface area contributed by atoms with E-state index in [0.29, 0.717) is 28.6 Å². The Morgan fingerprint density at radius 1 is 1.08 bits per heavy atom. The van der Waals surface area contributed by atoms with Crippen LogP contribution >= 0.6 is 23.4 Å². The van der Waals surface area contributed by atoms with Crippen molar-refractivity contribution in [3.05, 3.63) is 59.1 Å². The minimum Gasteiger partial charge on any atom is -0.494 e. The maximum absolute atomic E-state index is 11.9. The van der Waals surface area contributed by atoms with Crippen LogP contribution in [0.15, 0.2) is 48.5 Å². The molecule has 0 unspecified atom stereocenters. The number of Topliss-reactive ketones (excluding diaryl/α,β-unsaturated/α-hetero) is 1. The Balaban J connectivity index is 1.59. The van der Waals surface area contributed by atoms with Gasteiger partial charge in [-0.3, -0.25) is 9.59 Å². The third-order valence-electron chi connectivity index (χ3n) is 3.32. The average molecular weight is 378 g/mol. The van der Waals surface area contributed by atoms with Crippen molar-refractivity contribution < 1.29 is 14.3 Å². The van der Waals surface area contributed by atoms with Crippen LogP contribution in [0.1, 0.15) is 23.7 Å². The molecule has 0 saturated heterocycles. The normalized spacial score (nSPS) is 10.3. The minimum absolute atomic E-state index is 0.00857. The molecule has 0 radical (unpaired) electrons. The number of ether oxygens (including phenoxy) is 1. The fourth-order valence-electron chi connectivity index (χ4n) is 2.03. The van der Waals surface area contributed by atoms with Crippen molar-refractivity contribution in [3.63, 3.8) is 0 Å². The van der Waals surface area contributed by atoms with Crippen LogP contribution < -0.4 is 10.1 Å². The summed E-state index contributed by atoms with van der Waals surface area (Å²) in [5, 5.41) is 3.50. The molecule has 1 amide bonds. The number of nitrogens with one attached hydrogen (secondary N) is 1. The first-order valence-electron chi connectivity index (χ1n) is 7.91. The van der Waals surface area contributed by atoms with Crippen LogP contribution in [0.2, 0.25) is 5.02 Å². The molecule has 132 valence electrons. The summed E-state index contributed by atoms with van der Waals surface area (Å²) in [6, 6.07) is 14.1. The quantitative estimate of drug-likeness (QED) is 0.509. The Kier molecular flexibility index (Phi) is 7.82. The molecule has 25 heavy (non-hydrogen) atoms. The number of thioether (sulfide) groups is 1. The first-order valence-corrected chi connectivity index (χ1v) is 9.45. The Hall–Kier alpha value is -1.98. The number of hydrogen-bond donors (Lipinski definition) is 1. The van der Waals surface area contributed by atoms with Gasteiger partial charge in [0.05, 0.1) is 12.4 Å². The van der Waals surface area contributed by atoms with E-state index in [9.17, 15) is 9.59 Å². The van der Waals surface area contributed by atoms with Gasteiger partial charge in [0.2, 0.25) is 5.91 Å². The Morgan fingerprint density at radius 3 is 2.40 bits per heavy atom. The molecule has 0 atom stereocenters. The molecule has 6 heteroatoms. The van der Waals surface area contributed by atoms with Crippen molar-refractivity contribution in [1.29, 1.82) is 0 Å². The van der Waals surface area contributed by atoms with Gasteiger partial charge in [-0.25, -0.2) is 0 Å². The lowest BCUT2D eigenvalue weighted by Gasteiger charge is -2.07. The summed E-state index contributed by atoms with van der Waals surface area (Å²) in [4.78, 5) is 23.1. The first kappa shape index (κ1) is 19.3. The second kappa shape index (κ2) is 10.1. The van der Waals surface area contributed by atoms with Gasteiger partial charge in [-0.1, -0.05) is 11.6 Å². The van der Waals surface area contributed by atoms with Gasteiger partial charge < -0.3 is 10.1 Å². The summed E-state index contributed by atoms with van der Waals surface area (Å²) in [7, 11) is 0. The molecular formula is C19H20ClNO3S. The smallest absolute Gasteiger partial charge is 0.234 e. The van der Waals surface area contributed by atoms with E-state index < -0.39 is 0 Å². The molecule has 2 aromatic carbocycles. The number of rotatable bonds is 9. The second-order valence-corrected chi connectivity index (χ2v) is 6.93. The maximum Gasteiger partial charge on any atom is 0.234 e. The molecule has 0 aromatic heterocycles. The van der Waals surface area contributed by atoms with Gasteiger partial charge in [0.1, 0.15) is 5.75 Å². The van der Waals surface area contributed by atoms with E-state index in [1.54, 1.807) is 48.2 Å². The predicted molar refractivity (Wildman–Crippen MR) is 104 cm³/mol. The fraction of sp³-hybridized carbons (Fsp3) is 0.263. The molecule has 0 fully saturated rings. The van der Waals surface area contributed by atoms with Gasteiger partial charge in [0.15, 0.2) is 5.78 Å². The van der Waals surface area contributed by atoms with Crippen molar-refractivity contribution in [2.75, 3.05) is 23.4 Å². The number of halogens is 1. The van der Waals surface area contributed by atoms with Gasteiger partial charge >= 0.3 is 0 Å². The highest BCUT2D eigenvalue weighted by Gasteiger charge is 2.04. The number of ketones is 1. The first-order chi connectivity index (χ1) is 12.0. The SMILES string of the molecule is CC(=O)c1ccc(NC(=O)CSCCCOc2ccc(Cl)cc2)cc1. The average Bonchev–Trinajstić information content (AvgIpc) is 2.60. The van der Waals surface area contributed by atoms with Gasteiger partial charge in [0, 0.05) is 16.3 Å². The van der Waals surface area contributed by atoms with Crippen LogP contribution in [-0.4, -0.2) is 29.8 Å². The zero-order valence-electron chi connectivity index (χ0n) is 14.0. The highest BCUT2D eigenvalue weighted by atomic mass is 35.5. The van der Waals surface area contributed by atoms with E-state index in [2.05, 4.69) is 5.32 Å². The number of amides is 1. The second-order valence-electron chi connectivity index (χ2n) is 5.39. The topological polar surface area (TPSA) is 55.4 Å². The Labute approximate surface area is 156 Å². The number of benzene rings is 2. The zero-order chi connectivity index (χ0) is 18.1. The van der Waals surface area contributed by atoms with Crippen molar-refractivity contribution in [2.24, 2.45) is 0 Å². The van der Waals surface area contributed by atoms with Crippen molar-refractivity contribution in [1.82, 2.24) is 0 Å². The van der Waals surface area contributed by atoms with E-state index in [-0.39, 0.29) is 11.7 Å². The molecule has 0 spiro atoms. The number of carbonyl (C=O) groups is 2. The molecule has 1 N–H and O–H groups in total. The summed E-state index contributed by atoms with van der Waals surface area (Å²) >= 11 is 7.37. The monoisotopic (exact) mass is 377 g/mol. The largest absolute Gasteiger partial charge is 0.494 e. The van der Waals surface area contributed by atoms with E-state index in [4.69, 9.17) is 16.3 Å². The van der Waals surface area contributed by atoms with Crippen LogP contribution in [0, 0.1) is 0 Å². The van der Waals surface area contributed by atoms with Crippen LogP contribution in [0.3, 0.4) is 0 Å². The van der Waals surface area contributed by atoms with Crippen molar-refractivity contribution >= 4 is 40.7 Å². The lowest BCUT2D eigenvalue weighted by Crippen LogP contribution is -2.14. The third kappa shape index (κ3) is 7.20.